The van der Waals surface area contributed by atoms with Crippen LogP contribution in [-0.4, -0.2) is 90.7 Å². The number of halogens is 8. The lowest BCUT2D eigenvalue weighted by molar-refractivity contribution is -0.109. The molecule has 23 heteroatoms. The smallest absolute Gasteiger partial charge is 0.408 e. The first-order chi connectivity index (χ1) is 37.6. The predicted molar refractivity (Wildman–Crippen MR) is 292 cm³/mol. The molecule has 0 bridgehead atoms. The minimum absolute atomic E-state index is 0.0102. The molecule has 442 valence electrons. The molecule has 2 unspecified atom stereocenters. The predicted octanol–water partition coefficient (Wildman–Crippen LogP) is 12.5. The van der Waals surface area contributed by atoms with Crippen LogP contribution >= 0.6 is 0 Å². The van der Waals surface area contributed by atoms with Gasteiger partial charge in [-0.3, -0.25) is 0 Å². The van der Waals surface area contributed by atoms with Gasteiger partial charge in [-0.1, -0.05) is 102 Å². The quantitative estimate of drug-likeness (QED) is 0.0473. The number of aldehydes is 1. The van der Waals surface area contributed by atoms with Crippen LogP contribution in [0, 0.1) is 34.1 Å². The molecule has 0 saturated carbocycles. The normalized spacial score (nSPS) is 13.5. The Bertz CT molecular complexity index is 2950. The molecule has 0 saturated heterocycles. The van der Waals surface area contributed by atoms with Gasteiger partial charge in [-0.05, 0) is 113 Å². The maximum absolute atomic E-state index is 14.6. The first kappa shape index (κ1) is 66.2. The highest BCUT2D eigenvalue weighted by Gasteiger charge is 2.34. The summed E-state index contributed by atoms with van der Waals surface area (Å²) >= 11 is 0. The fourth-order valence-electron chi connectivity index (χ4n) is 7.53. The summed E-state index contributed by atoms with van der Waals surface area (Å²) in [5.41, 5.74) is 5.94. The molecular weight excluding hydrogens is 1070 g/mol. The lowest BCUT2D eigenvalue weighted by Crippen LogP contribution is -2.45. The fraction of sp³-hybridized carbons (Fsp3) is 0.466. The first-order valence-electron chi connectivity index (χ1n) is 26.0. The molecule has 2 heterocycles. The highest BCUT2D eigenvalue weighted by Crippen LogP contribution is 2.35. The number of nitrogens with zero attached hydrogens (tertiary/aromatic N) is 6. The number of carbonyl (C=O) groups excluding carboxylic acids is 3. The molecule has 0 aliphatic heterocycles. The van der Waals surface area contributed by atoms with Gasteiger partial charge in [0.15, 0.2) is 11.6 Å². The van der Waals surface area contributed by atoms with E-state index in [4.69, 9.17) is 15.2 Å². The second-order valence-electron chi connectivity index (χ2n) is 23.1. The monoisotopic (exact) mass is 1140 g/mol. The first-order valence-corrected chi connectivity index (χ1v) is 26.0. The van der Waals surface area contributed by atoms with Crippen LogP contribution < -0.4 is 21.7 Å². The molecule has 0 spiro atoms. The number of nitrogens with two attached hydrogens (primary N) is 1. The van der Waals surface area contributed by atoms with Crippen molar-refractivity contribution in [3.8, 4) is 22.8 Å². The molecule has 2 amide bonds. The zero-order valence-electron chi connectivity index (χ0n) is 47.6. The van der Waals surface area contributed by atoms with E-state index >= 15 is 0 Å². The van der Waals surface area contributed by atoms with E-state index in [1.54, 1.807) is 50.9 Å². The zero-order valence-corrected chi connectivity index (χ0v) is 47.6. The molecule has 5 N–H and O–H groups in total. The van der Waals surface area contributed by atoms with Crippen molar-refractivity contribution < 1.29 is 59.0 Å². The number of nitrogens with one attached hydrogen (secondary N) is 3. The van der Waals surface area contributed by atoms with Crippen LogP contribution in [0.5, 0.6) is 0 Å². The molecule has 15 nitrogen and oxygen atoms in total. The highest BCUT2D eigenvalue weighted by molar-refractivity contribution is 5.69. The summed E-state index contributed by atoms with van der Waals surface area (Å²) in [6, 6.07) is 21.6. The summed E-state index contributed by atoms with van der Waals surface area (Å²) in [5, 5.41) is 16.4. The summed E-state index contributed by atoms with van der Waals surface area (Å²) in [5.74, 6) is -1.29. The van der Waals surface area contributed by atoms with Gasteiger partial charge in [0.25, 0.3) is 12.9 Å². The maximum Gasteiger partial charge on any atom is 0.408 e. The van der Waals surface area contributed by atoms with Gasteiger partial charge in [0.05, 0.1) is 48.4 Å². The maximum atomic E-state index is 14.6. The van der Waals surface area contributed by atoms with Gasteiger partial charge >= 0.3 is 12.2 Å². The second kappa shape index (κ2) is 28.9. The van der Waals surface area contributed by atoms with Crippen molar-refractivity contribution in [3.63, 3.8) is 0 Å². The molecule has 2 aromatic heterocycles. The van der Waals surface area contributed by atoms with Crippen molar-refractivity contribution in [1.82, 2.24) is 45.5 Å². The van der Waals surface area contributed by atoms with E-state index in [1.165, 1.54) is 0 Å². The number of alkyl halides is 4. The Labute approximate surface area is 467 Å². The largest absolute Gasteiger partial charge is 0.444 e. The van der Waals surface area contributed by atoms with Crippen LogP contribution in [0.25, 0.3) is 22.8 Å². The minimum Gasteiger partial charge on any atom is -0.444 e. The number of ether oxygens (including phenoxy) is 2. The van der Waals surface area contributed by atoms with Crippen LogP contribution in [-0.2, 0) is 27.4 Å². The minimum atomic E-state index is -2.81. The number of benzene rings is 4. The molecule has 0 aliphatic carbocycles. The number of hydrogen-bond acceptors (Lipinski definition) is 11. The van der Waals surface area contributed by atoms with Crippen molar-refractivity contribution in [3.05, 3.63) is 143 Å². The summed E-state index contributed by atoms with van der Waals surface area (Å²) < 4.78 is 122. The fourth-order valence-corrected chi connectivity index (χ4v) is 7.53. The number of hydrogen-bond donors (Lipinski definition) is 4. The Kier molecular flexibility index (Phi) is 23.7. The van der Waals surface area contributed by atoms with Crippen LogP contribution in [0.3, 0.4) is 0 Å². The third kappa shape index (κ3) is 21.6. The van der Waals surface area contributed by atoms with E-state index in [2.05, 4.69) is 30.8 Å². The molecule has 0 aliphatic rings. The van der Waals surface area contributed by atoms with Crippen LogP contribution in [0.15, 0.2) is 97.1 Å². The van der Waals surface area contributed by atoms with Gasteiger partial charge in [-0.25, -0.2) is 64.0 Å². The van der Waals surface area contributed by atoms with Crippen molar-refractivity contribution >= 4 is 18.5 Å². The standard InChI is InChI=1S/C29H37F4N5O2.C20H22F2N4.C9H15F2NO3/c1-28(2,3)23(34-15-14-22(24(32)33)35-27(39)40-29(4,5)6)26-36-25(20-16-19(30)12-13-21(20)31)37-38(26)17-18-10-8-7-9-11-18;1-20(2,3)17(23)19-24-18(15-11-14(21)9-10-16(15)22)25-26(19)12-13-7-5-4-6-8-13;1-9(2,3)15-8(14)12-6(4-5-13)7(10)11/h7-13,16,22-24,34H,14-15,17H2,1-6H3,(H,35,39);4-11,17H,12,23H2,1-3H3;5-7H,4H2,1-3H3,(H,12,14)/t22?,23-;17-;/m00./s1. The van der Waals surface area contributed by atoms with Gasteiger partial charge < -0.3 is 36.0 Å². The molecular formula is C58H74F8N10O5. The molecule has 6 rings (SSSR count). The number of rotatable bonds is 18. The number of carbonyl (C=O) groups is 3. The Hall–Kier alpha value is -7.27. The van der Waals surface area contributed by atoms with E-state index in [0.29, 0.717) is 31.0 Å². The van der Waals surface area contributed by atoms with Crippen LogP contribution in [0.1, 0.15) is 131 Å². The molecule has 6 aromatic rings. The summed E-state index contributed by atoms with van der Waals surface area (Å²) in [6.07, 6.45) is -7.68. The average molecular weight is 1140 g/mol. The Morgan fingerprint density at radius 3 is 1.38 bits per heavy atom. The summed E-state index contributed by atoms with van der Waals surface area (Å²) in [7, 11) is 0. The summed E-state index contributed by atoms with van der Waals surface area (Å²) in [4.78, 5) is 42.3. The van der Waals surface area contributed by atoms with E-state index in [1.807, 2.05) is 108 Å². The number of amides is 2. The van der Waals surface area contributed by atoms with Gasteiger partial charge in [0.2, 0.25) is 0 Å². The van der Waals surface area contributed by atoms with E-state index in [9.17, 15) is 49.5 Å². The average Bonchev–Trinajstić information content (AvgIpc) is 4.01. The zero-order chi connectivity index (χ0) is 60.6. The van der Waals surface area contributed by atoms with Crippen molar-refractivity contribution in [2.45, 2.75) is 157 Å². The second-order valence-corrected chi connectivity index (χ2v) is 23.1. The Balaban J connectivity index is 0.000000293. The lowest BCUT2D eigenvalue weighted by atomic mass is 9.86. The van der Waals surface area contributed by atoms with Gasteiger partial charge in [0.1, 0.15) is 52.4 Å². The Morgan fingerprint density at radius 2 is 1.00 bits per heavy atom. The summed E-state index contributed by atoms with van der Waals surface area (Å²) in [6.45, 7) is 22.5. The Morgan fingerprint density at radius 1 is 0.593 bits per heavy atom. The number of aromatic nitrogens is 6. The molecule has 0 radical (unpaired) electrons. The molecule has 4 aromatic carbocycles. The van der Waals surface area contributed by atoms with Gasteiger partial charge in [-0.2, -0.15) is 10.2 Å². The third-order valence-electron chi connectivity index (χ3n) is 11.6. The molecule has 81 heavy (non-hydrogen) atoms. The van der Waals surface area contributed by atoms with Crippen molar-refractivity contribution in [2.75, 3.05) is 6.54 Å². The molecule has 0 fully saturated rings. The third-order valence-corrected chi connectivity index (χ3v) is 11.6. The van der Waals surface area contributed by atoms with E-state index < -0.39 is 95.5 Å². The van der Waals surface area contributed by atoms with Crippen molar-refractivity contribution in [2.24, 2.45) is 16.6 Å². The van der Waals surface area contributed by atoms with E-state index in [0.717, 1.165) is 47.5 Å². The topological polar surface area (TPSA) is 193 Å². The molecule has 4 atom stereocenters. The highest BCUT2D eigenvalue weighted by atomic mass is 19.3. The van der Waals surface area contributed by atoms with Gasteiger partial charge in [0, 0.05) is 6.42 Å². The lowest BCUT2D eigenvalue weighted by Gasteiger charge is -2.32. The van der Waals surface area contributed by atoms with Crippen LogP contribution in [0.4, 0.5) is 44.7 Å². The van der Waals surface area contributed by atoms with Crippen LogP contribution in [0.2, 0.25) is 0 Å². The van der Waals surface area contributed by atoms with E-state index in [-0.39, 0.29) is 41.2 Å². The van der Waals surface area contributed by atoms with Crippen molar-refractivity contribution in [1.29, 1.82) is 0 Å². The SMILES string of the molecule is CC(C)(C)OC(=O)NC(CC=O)C(F)F.CC(C)(C)OC(=O)NC(CCN[C@@H](c1nc(-c2cc(F)ccc2F)nn1Cc1ccccc1)C(C)(C)C)C(F)F.CC(C)(C)[C@@H](N)c1nc(-c2cc(F)ccc2F)nn1Cc1ccccc1. The van der Waals surface area contributed by atoms with Gasteiger partial charge in [-0.15, -0.1) is 0 Å². The number of alkyl carbamates (subject to hydrolysis) is 2.